The summed E-state index contributed by atoms with van der Waals surface area (Å²) in [7, 11) is 0. The molecule has 4 aliphatic carbocycles. The summed E-state index contributed by atoms with van der Waals surface area (Å²) in [4.78, 5) is 11.5. The first-order valence-corrected chi connectivity index (χ1v) is 12.5. The van der Waals surface area contributed by atoms with Gasteiger partial charge >= 0.3 is 0 Å². The summed E-state index contributed by atoms with van der Waals surface area (Å²) in [6.45, 7) is 7.88. The number of fused-ring (bicyclic) bond motifs is 5. The molecule has 0 aliphatic heterocycles. The molecular weight excluding hydrogens is 356 g/mol. The third-order valence-corrected chi connectivity index (χ3v) is 9.76. The van der Waals surface area contributed by atoms with Gasteiger partial charge in [0.25, 0.3) is 0 Å². The van der Waals surface area contributed by atoms with Crippen molar-refractivity contribution in [1.29, 1.82) is 0 Å². The van der Waals surface area contributed by atoms with Crippen LogP contribution in [0.25, 0.3) is 0 Å². The zero-order chi connectivity index (χ0) is 20.4. The summed E-state index contributed by atoms with van der Waals surface area (Å²) >= 11 is 0. The number of aryl methyl sites for hydroxylation is 1. The Morgan fingerprint density at radius 1 is 1.03 bits per heavy atom. The molecule has 0 aromatic carbocycles. The predicted molar refractivity (Wildman–Crippen MR) is 118 cm³/mol. The van der Waals surface area contributed by atoms with Crippen LogP contribution < -0.4 is 0 Å². The molecule has 4 fully saturated rings. The van der Waals surface area contributed by atoms with E-state index in [9.17, 15) is 4.79 Å². The number of aromatic nitrogens is 2. The molecular formula is C26H42N2O. The van der Waals surface area contributed by atoms with E-state index in [1.165, 1.54) is 70.5 Å². The van der Waals surface area contributed by atoms with Crippen LogP contribution in [0.15, 0.2) is 18.5 Å². The number of hydrogen-bond acceptors (Lipinski definition) is 2. The second-order valence-corrected chi connectivity index (χ2v) is 10.7. The van der Waals surface area contributed by atoms with Crippen LogP contribution in [-0.4, -0.2) is 16.1 Å². The minimum absolute atomic E-state index is 0.358. The molecule has 4 saturated carbocycles. The van der Waals surface area contributed by atoms with Crippen molar-refractivity contribution in [1.82, 2.24) is 9.78 Å². The Morgan fingerprint density at radius 2 is 1.86 bits per heavy atom. The van der Waals surface area contributed by atoms with Crippen molar-refractivity contribution in [3.63, 3.8) is 0 Å². The van der Waals surface area contributed by atoms with Gasteiger partial charge in [0, 0.05) is 24.9 Å². The first-order chi connectivity index (χ1) is 14.1. The summed E-state index contributed by atoms with van der Waals surface area (Å²) in [5, 5.41) is 3.95. The van der Waals surface area contributed by atoms with Crippen LogP contribution in [0.1, 0.15) is 85.0 Å². The van der Waals surface area contributed by atoms with E-state index in [-0.39, 0.29) is 0 Å². The molecule has 8 unspecified atom stereocenters. The van der Waals surface area contributed by atoms with Crippen LogP contribution in [0, 0.1) is 46.8 Å². The monoisotopic (exact) mass is 398 g/mol. The van der Waals surface area contributed by atoms with Crippen LogP contribution in [-0.2, 0) is 11.3 Å². The first-order valence-electron chi connectivity index (χ1n) is 12.5. The third-order valence-electron chi connectivity index (χ3n) is 9.76. The Morgan fingerprint density at radius 3 is 2.52 bits per heavy atom. The molecule has 8 atom stereocenters. The number of rotatable bonds is 3. The van der Waals surface area contributed by atoms with E-state index in [4.69, 9.17) is 0 Å². The van der Waals surface area contributed by atoms with Crippen molar-refractivity contribution in [2.45, 2.75) is 91.5 Å². The quantitative estimate of drug-likeness (QED) is 0.553. The molecule has 0 spiro atoms. The van der Waals surface area contributed by atoms with E-state index < -0.39 is 0 Å². The van der Waals surface area contributed by atoms with Gasteiger partial charge in [0.05, 0.1) is 0 Å². The molecule has 0 amide bonds. The van der Waals surface area contributed by atoms with Crippen molar-refractivity contribution in [3.05, 3.63) is 18.5 Å². The highest BCUT2D eigenvalue weighted by Crippen LogP contribution is 2.64. The minimum Gasteiger partial charge on any atom is -0.303 e. The smallest absolute Gasteiger partial charge is 0.123 e. The average molecular weight is 399 g/mol. The van der Waals surface area contributed by atoms with Crippen LogP contribution in [0.5, 0.6) is 0 Å². The molecule has 0 radical (unpaired) electrons. The van der Waals surface area contributed by atoms with Crippen molar-refractivity contribution >= 4 is 6.29 Å². The van der Waals surface area contributed by atoms with Crippen molar-refractivity contribution in [3.8, 4) is 0 Å². The summed E-state index contributed by atoms with van der Waals surface area (Å²) in [5.74, 6) is 6.33. The SMILES string of the molecule is CCC1CCC2C(CCC3C2CCC2(C)C(C=O)CCC32)C1.CCn1cccn1. The van der Waals surface area contributed by atoms with Gasteiger partial charge in [-0.2, -0.15) is 5.10 Å². The lowest BCUT2D eigenvalue weighted by Gasteiger charge is -2.56. The van der Waals surface area contributed by atoms with E-state index in [2.05, 4.69) is 25.9 Å². The standard InChI is InChI=1S/C21H34O.C5H8N2/c1-3-14-4-7-17-15(12-14)5-8-19-18(17)10-11-21(2)16(13-22)6-9-20(19)21;1-2-7-5-3-4-6-7/h13-20H,3-12H2,1-2H3;3-5H,2H2,1H3. The maximum Gasteiger partial charge on any atom is 0.123 e. The topological polar surface area (TPSA) is 34.9 Å². The van der Waals surface area contributed by atoms with Crippen LogP contribution >= 0.6 is 0 Å². The molecule has 0 saturated heterocycles. The second-order valence-electron chi connectivity index (χ2n) is 10.7. The second kappa shape index (κ2) is 8.94. The van der Waals surface area contributed by atoms with Gasteiger partial charge in [-0.05, 0) is 105 Å². The number of hydrogen-bond donors (Lipinski definition) is 0. The molecule has 29 heavy (non-hydrogen) atoms. The number of carbonyl (C=O) groups is 1. The van der Waals surface area contributed by atoms with Crippen molar-refractivity contribution < 1.29 is 4.79 Å². The Labute approximate surface area is 178 Å². The fourth-order valence-corrected chi connectivity index (χ4v) is 8.07. The molecule has 0 N–H and O–H groups in total. The molecule has 1 aromatic heterocycles. The summed E-state index contributed by atoms with van der Waals surface area (Å²) in [5.41, 5.74) is 0.358. The molecule has 5 rings (SSSR count). The number of nitrogens with zero attached hydrogens (tertiary/aromatic N) is 2. The highest BCUT2D eigenvalue weighted by molar-refractivity contribution is 5.56. The van der Waals surface area contributed by atoms with E-state index in [0.29, 0.717) is 11.3 Å². The van der Waals surface area contributed by atoms with Gasteiger partial charge < -0.3 is 4.79 Å². The summed E-state index contributed by atoms with van der Waals surface area (Å²) in [6, 6.07) is 1.92. The largest absolute Gasteiger partial charge is 0.303 e. The lowest BCUT2D eigenvalue weighted by atomic mass is 9.49. The predicted octanol–water partition coefficient (Wildman–Crippen LogP) is 6.38. The average Bonchev–Trinajstić information content (AvgIpc) is 3.40. The van der Waals surface area contributed by atoms with E-state index in [0.717, 1.165) is 42.1 Å². The molecule has 3 heteroatoms. The Kier molecular flexibility index (Phi) is 6.51. The molecule has 1 heterocycles. The van der Waals surface area contributed by atoms with Gasteiger partial charge in [-0.1, -0.05) is 26.7 Å². The van der Waals surface area contributed by atoms with Gasteiger partial charge in [-0.3, -0.25) is 4.68 Å². The molecule has 0 bridgehead atoms. The first kappa shape index (κ1) is 21.1. The van der Waals surface area contributed by atoms with E-state index in [1.807, 2.05) is 16.9 Å². The lowest BCUT2D eigenvalue weighted by Crippen LogP contribution is -2.48. The minimum atomic E-state index is 0.358. The highest BCUT2D eigenvalue weighted by Gasteiger charge is 2.56. The third kappa shape index (κ3) is 3.95. The molecule has 4 aliphatic rings. The van der Waals surface area contributed by atoms with E-state index >= 15 is 0 Å². The van der Waals surface area contributed by atoms with E-state index in [1.54, 1.807) is 6.20 Å². The zero-order valence-corrected chi connectivity index (χ0v) is 18.9. The van der Waals surface area contributed by atoms with Crippen LogP contribution in [0.4, 0.5) is 0 Å². The fraction of sp³-hybridized carbons (Fsp3) is 0.846. The van der Waals surface area contributed by atoms with Gasteiger partial charge in [-0.25, -0.2) is 0 Å². The maximum atomic E-state index is 11.5. The fourth-order valence-electron chi connectivity index (χ4n) is 8.07. The Hall–Kier alpha value is -1.12. The number of carbonyl (C=O) groups excluding carboxylic acids is 1. The zero-order valence-electron chi connectivity index (χ0n) is 18.9. The van der Waals surface area contributed by atoms with Crippen LogP contribution in [0.3, 0.4) is 0 Å². The normalized spacial score (nSPS) is 43.3. The highest BCUT2D eigenvalue weighted by atomic mass is 16.1. The van der Waals surface area contributed by atoms with Crippen molar-refractivity contribution in [2.75, 3.05) is 0 Å². The maximum absolute atomic E-state index is 11.5. The van der Waals surface area contributed by atoms with Gasteiger partial charge in [0.1, 0.15) is 6.29 Å². The molecule has 162 valence electrons. The van der Waals surface area contributed by atoms with Crippen molar-refractivity contribution in [2.24, 2.45) is 46.8 Å². The van der Waals surface area contributed by atoms with Gasteiger partial charge in [-0.15, -0.1) is 0 Å². The number of aldehydes is 1. The Balaban J connectivity index is 0.000000249. The van der Waals surface area contributed by atoms with Gasteiger partial charge in [0.15, 0.2) is 0 Å². The van der Waals surface area contributed by atoms with Crippen LogP contribution in [0.2, 0.25) is 0 Å². The van der Waals surface area contributed by atoms with Gasteiger partial charge in [0.2, 0.25) is 0 Å². The molecule has 3 nitrogen and oxygen atoms in total. The lowest BCUT2D eigenvalue weighted by molar-refractivity contribution is -0.118. The summed E-state index contributed by atoms with van der Waals surface area (Å²) in [6.07, 6.45) is 19.3. The Bertz CT molecular complexity index is 656. The molecule has 1 aromatic rings. The summed E-state index contributed by atoms with van der Waals surface area (Å²) < 4.78 is 1.88.